The highest BCUT2D eigenvalue weighted by molar-refractivity contribution is 7.95. The maximum absolute atomic E-state index is 12.1. The van der Waals surface area contributed by atoms with Gasteiger partial charge in [0.1, 0.15) is 0 Å². The Kier molecular flexibility index (Phi) is 13.0. The molecule has 1 heterocycles. The van der Waals surface area contributed by atoms with Gasteiger partial charge in [-0.15, -0.1) is 0 Å². The van der Waals surface area contributed by atoms with Gasteiger partial charge < -0.3 is 9.80 Å². The Morgan fingerprint density at radius 3 is 1.94 bits per heavy atom. The SMILES string of the molecule is CC.CC.CC1=C(C)S(=O)(=O)c2ccccc2N1C.CCS(=O)(=O)c1ccccc1N(C)C(C)=O. The molecule has 35 heavy (non-hydrogen) atoms. The average molecular weight is 525 g/mol. The summed E-state index contributed by atoms with van der Waals surface area (Å²) in [6, 6.07) is 13.6. The lowest BCUT2D eigenvalue weighted by Gasteiger charge is -2.29. The highest BCUT2D eigenvalue weighted by Gasteiger charge is 2.29. The molecular weight excluding hydrogens is 484 g/mol. The summed E-state index contributed by atoms with van der Waals surface area (Å²) in [4.78, 5) is 15.5. The van der Waals surface area contributed by atoms with Crippen LogP contribution in [0.4, 0.5) is 11.4 Å². The summed E-state index contributed by atoms with van der Waals surface area (Å²) in [5, 5.41) is 0. The zero-order chi connectivity index (χ0) is 27.6. The highest BCUT2D eigenvalue weighted by Crippen LogP contribution is 2.37. The number of sulfone groups is 2. The first-order valence-electron chi connectivity index (χ1n) is 11.7. The zero-order valence-electron chi connectivity index (χ0n) is 22.6. The summed E-state index contributed by atoms with van der Waals surface area (Å²) < 4.78 is 47.8. The van der Waals surface area contributed by atoms with Crippen LogP contribution < -0.4 is 9.80 Å². The Morgan fingerprint density at radius 2 is 1.43 bits per heavy atom. The molecule has 3 rings (SSSR count). The summed E-state index contributed by atoms with van der Waals surface area (Å²) in [6.45, 7) is 14.5. The summed E-state index contributed by atoms with van der Waals surface area (Å²) in [7, 11) is -3.12. The van der Waals surface area contributed by atoms with Crippen LogP contribution in [0.25, 0.3) is 0 Å². The fraction of sp³-hybridized carbons (Fsp3) is 0.423. The fourth-order valence-corrected chi connectivity index (χ4v) is 5.77. The lowest BCUT2D eigenvalue weighted by atomic mass is 10.2. The Labute approximate surface area is 212 Å². The smallest absolute Gasteiger partial charge is 0.223 e. The molecule has 1 amide bonds. The summed E-state index contributed by atoms with van der Waals surface area (Å²) in [5.74, 6) is -0.172. The molecule has 9 heteroatoms. The number of benzene rings is 2. The van der Waals surface area contributed by atoms with E-state index in [1.54, 1.807) is 51.2 Å². The number of allylic oxidation sites excluding steroid dienone is 2. The molecule has 0 bridgehead atoms. The number of hydrogen-bond donors (Lipinski definition) is 0. The third kappa shape index (κ3) is 7.41. The molecule has 196 valence electrons. The second-order valence-electron chi connectivity index (χ2n) is 7.12. The van der Waals surface area contributed by atoms with Crippen molar-refractivity contribution in [1.82, 2.24) is 0 Å². The van der Waals surface area contributed by atoms with Gasteiger partial charge in [0.25, 0.3) is 0 Å². The molecule has 0 atom stereocenters. The number of nitrogens with zero attached hydrogens (tertiary/aromatic N) is 2. The minimum atomic E-state index is -3.30. The number of para-hydroxylation sites is 2. The van der Waals surface area contributed by atoms with Crippen molar-refractivity contribution in [2.45, 2.75) is 65.2 Å². The number of carbonyl (C=O) groups is 1. The normalized spacial score (nSPS) is 13.6. The average Bonchev–Trinajstić information content (AvgIpc) is 2.88. The summed E-state index contributed by atoms with van der Waals surface area (Å²) in [5.41, 5.74) is 1.96. The molecule has 2 aromatic carbocycles. The van der Waals surface area contributed by atoms with E-state index in [0.29, 0.717) is 15.5 Å². The van der Waals surface area contributed by atoms with Crippen LogP contribution in [0.5, 0.6) is 0 Å². The molecule has 0 saturated heterocycles. The van der Waals surface area contributed by atoms with Gasteiger partial charge in [0.2, 0.25) is 15.7 Å². The van der Waals surface area contributed by atoms with Crippen LogP contribution in [0, 0.1) is 0 Å². The predicted octanol–water partition coefficient (Wildman–Crippen LogP) is 5.68. The van der Waals surface area contributed by atoms with Crippen molar-refractivity contribution >= 4 is 37.0 Å². The summed E-state index contributed by atoms with van der Waals surface area (Å²) in [6.07, 6.45) is 0. The lowest BCUT2D eigenvalue weighted by Crippen LogP contribution is -2.25. The van der Waals surface area contributed by atoms with Gasteiger partial charge in [-0.1, -0.05) is 58.9 Å². The van der Waals surface area contributed by atoms with Gasteiger partial charge in [-0.25, -0.2) is 16.8 Å². The zero-order valence-corrected chi connectivity index (χ0v) is 24.2. The molecule has 1 aliphatic rings. The lowest BCUT2D eigenvalue weighted by molar-refractivity contribution is -0.116. The van der Waals surface area contributed by atoms with Gasteiger partial charge in [0.15, 0.2) is 9.84 Å². The quantitative estimate of drug-likeness (QED) is 0.513. The number of carbonyl (C=O) groups excluding carboxylic acids is 1. The van der Waals surface area contributed by atoms with Gasteiger partial charge in [0, 0.05) is 26.7 Å². The topological polar surface area (TPSA) is 91.8 Å². The molecule has 0 N–H and O–H groups in total. The molecule has 0 unspecified atom stereocenters. The van der Waals surface area contributed by atoms with E-state index in [0.717, 1.165) is 11.4 Å². The first-order chi connectivity index (χ1) is 16.4. The molecule has 7 nitrogen and oxygen atoms in total. The van der Waals surface area contributed by atoms with Gasteiger partial charge >= 0.3 is 0 Å². The number of rotatable bonds is 3. The Hall–Kier alpha value is -2.65. The van der Waals surface area contributed by atoms with Crippen molar-refractivity contribution in [3.05, 3.63) is 59.1 Å². The summed E-state index contributed by atoms with van der Waals surface area (Å²) >= 11 is 0. The Bertz CT molecular complexity index is 1230. The van der Waals surface area contributed by atoms with Crippen LogP contribution >= 0.6 is 0 Å². The second-order valence-corrected chi connectivity index (χ2v) is 11.4. The third-order valence-electron chi connectivity index (χ3n) is 5.35. The number of fused-ring (bicyclic) bond motifs is 1. The van der Waals surface area contributed by atoms with E-state index in [2.05, 4.69) is 0 Å². The standard InChI is InChI=1S/C11H15NO3S.C11H13NO2S.2C2H6/c1-4-16(14,15)11-8-6-5-7-10(11)12(3)9(2)13;1-8-9(2)15(13,14)11-7-5-4-6-10(11)12(8)3;2*1-2/h5-8H,4H2,1-3H3;4-7H,1-3H3;2*1-2H3. The van der Waals surface area contributed by atoms with Crippen LogP contribution in [0.15, 0.2) is 68.9 Å². The third-order valence-corrected chi connectivity index (χ3v) is 9.15. The van der Waals surface area contributed by atoms with Crippen LogP contribution in [0.3, 0.4) is 0 Å². The van der Waals surface area contributed by atoms with E-state index in [4.69, 9.17) is 0 Å². The van der Waals surface area contributed by atoms with Crippen molar-refractivity contribution < 1.29 is 21.6 Å². The van der Waals surface area contributed by atoms with Crippen molar-refractivity contribution in [1.29, 1.82) is 0 Å². The van der Waals surface area contributed by atoms with Crippen LogP contribution in [0.2, 0.25) is 0 Å². The second kappa shape index (κ2) is 14.0. The van der Waals surface area contributed by atoms with E-state index in [1.807, 2.05) is 58.7 Å². The largest absolute Gasteiger partial charge is 0.346 e. The maximum Gasteiger partial charge on any atom is 0.223 e. The van der Waals surface area contributed by atoms with Crippen molar-refractivity contribution in [3.8, 4) is 0 Å². The van der Waals surface area contributed by atoms with E-state index >= 15 is 0 Å². The van der Waals surface area contributed by atoms with Crippen molar-refractivity contribution in [3.63, 3.8) is 0 Å². The number of anilines is 2. The molecular formula is C26H40N2O5S2. The van der Waals surface area contributed by atoms with Crippen LogP contribution in [-0.4, -0.2) is 42.6 Å². The molecule has 0 aliphatic carbocycles. The molecule has 0 fully saturated rings. The molecule has 0 aromatic heterocycles. The van der Waals surface area contributed by atoms with Crippen molar-refractivity contribution in [2.24, 2.45) is 0 Å². The van der Waals surface area contributed by atoms with E-state index in [-0.39, 0.29) is 16.6 Å². The van der Waals surface area contributed by atoms with Gasteiger partial charge in [-0.3, -0.25) is 4.79 Å². The molecule has 0 radical (unpaired) electrons. The molecule has 0 spiro atoms. The van der Waals surface area contributed by atoms with Gasteiger partial charge in [-0.05, 0) is 38.1 Å². The maximum atomic E-state index is 12.1. The van der Waals surface area contributed by atoms with E-state index < -0.39 is 19.7 Å². The first-order valence-corrected chi connectivity index (χ1v) is 14.8. The molecule has 0 saturated carbocycles. The monoisotopic (exact) mass is 524 g/mol. The number of hydrogen-bond acceptors (Lipinski definition) is 6. The van der Waals surface area contributed by atoms with E-state index in [1.165, 1.54) is 17.9 Å². The molecule has 2 aromatic rings. The highest BCUT2D eigenvalue weighted by atomic mass is 32.2. The Morgan fingerprint density at radius 1 is 0.943 bits per heavy atom. The predicted molar refractivity (Wildman–Crippen MR) is 146 cm³/mol. The molecule has 1 aliphatic heterocycles. The fourth-order valence-electron chi connectivity index (χ4n) is 3.06. The van der Waals surface area contributed by atoms with Crippen molar-refractivity contribution in [2.75, 3.05) is 29.6 Å². The van der Waals surface area contributed by atoms with Gasteiger partial charge in [0.05, 0.1) is 31.8 Å². The minimum Gasteiger partial charge on any atom is -0.346 e. The van der Waals surface area contributed by atoms with Crippen LogP contribution in [0.1, 0.15) is 55.4 Å². The van der Waals surface area contributed by atoms with E-state index in [9.17, 15) is 21.6 Å². The van der Waals surface area contributed by atoms with Crippen LogP contribution in [-0.2, 0) is 24.5 Å². The Balaban J connectivity index is 0.000000579. The number of amides is 1. The minimum absolute atomic E-state index is 0.0236. The first kappa shape index (κ1) is 32.4. The van der Waals surface area contributed by atoms with Gasteiger partial charge in [-0.2, -0.15) is 0 Å².